The molecule has 1 radical (unpaired) electrons. The van der Waals surface area contributed by atoms with Gasteiger partial charge in [0.1, 0.15) is 12.9 Å². The van der Waals surface area contributed by atoms with E-state index in [9.17, 15) is 4.79 Å². The minimum atomic E-state index is -0.0813. The highest BCUT2D eigenvalue weighted by atomic mass is 16.5. The van der Waals surface area contributed by atoms with E-state index in [-0.39, 0.29) is 12.7 Å². The van der Waals surface area contributed by atoms with Gasteiger partial charge in [-0.3, -0.25) is 0 Å². The van der Waals surface area contributed by atoms with Gasteiger partial charge in [-0.1, -0.05) is 30.3 Å². The highest BCUT2D eigenvalue weighted by Gasteiger charge is 2.03. The van der Waals surface area contributed by atoms with Crippen molar-refractivity contribution in [2.75, 3.05) is 19.8 Å². The van der Waals surface area contributed by atoms with E-state index in [4.69, 9.17) is 9.47 Å². The second-order valence-electron chi connectivity index (χ2n) is 3.42. The van der Waals surface area contributed by atoms with Gasteiger partial charge in [0, 0.05) is 0 Å². The van der Waals surface area contributed by atoms with Crippen LogP contribution in [0.3, 0.4) is 0 Å². The molecular weight excluding hydrogens is 204 g/mol. The van der Waals surface area contributed by atoms with Crippen molar-refractivity contribution in [2.45, 2.75) is 12.5 Å². The van der Waals surface area contributed by atoms with E-state index in [0.29, 0.717) is 13.2 Å². The molecule has 0 N–H and O–H groups in total. The molecule has 87 valence electrons. The highest BCUT2D eigenvalue weighted by molar-refractivity contribution is 5.50. The van der Waals surface area contributed by atoms with Crippen LogP contribution in [0.2, 0.25) is 0 Å². The number of ether oxygens (including phenoxy) is 2. The van der Waals surface area contributed by atoms with Crippen LogP contribution < -0.4 is 0 Å². The van der Waals surface area contributed by atoms with Gasteiger partial charge in [-0.2, -0.15) is 0 Å². The molecule has 3 heteroatoms. The maximum Gasteiger partial charge on any atom is 0.145 e. The van der Waals surface area contributed by atoms with Crippen LogP contribution in [-0.2, 0) is 20.7 Å². The molecule has 0 fully saturated rings. The van der Waals surface area contributed by atoms with Gasteiger partial charge in [0.15, 0.2) is 0 Å². The van der Waals surface area contributed by atoms with Crippen molar-refractivity contribution >= 4 is 6.29 Å². The number of hydrogen-bond acceptors (Lipinski definition) is 3. The zero-order chi connectivity index (χ0) is 11.6. The van der Waals surface area contributed by atoms with E-state index in [0.717, 1.165) is 12.7 Å². The minimum Gasteiger partial charge on any atom is -0.375 e. The molecule has 1 rings (SSSR count). The van der Waals surface area contributed by atoms with Crippen LogP contribution in [-0.4, -0.2) is 32.2 Å². The Morgan fingerprint density at radius 2 is 2.00 bits per heavy atom. The summed E-state index contributed by atoms with van der Waals surface area (Å²) >= 11 is 0. The molecule has 1 aromatic carbocycles. The van der Waals surface area contributed by atoms with Gasteiger partial charge in [0.05, 0.1) is 19.3 Å². The first-order chi connectivity index (χ1) is 7.83. The van der Waals surface area contributed by atoms with Crippen molar-refractivity contribution < 1.29 is 14.3 Å². The molecule has 16 heavy (non-hydrogen) atoms. The molecule has 3 nitrogen and oxygen atoms in total. The lowest BCUT2D eigenvalue weighted by Crippen LogP contribution is -2.16. The number of aldehydes is 1. The third-order valence-corrected chi connectivity index (χ3v) is 2.07. The van der Waals surface area contributed by atoms with Crippen molar-refractivity contribution in [3.63, 3.8) is 0 Å². The lowest BCUT2D eigenvalue weighted by molar-refractivity contribution is -0.112. The first-order valence-corrected chi connectivity index (χ1v) is 5.33. The lowest BCUT2D eigenvalue weighted by Gasteiger charge is -2.12. The van der Waals surface area contributed by atoms with Crippen molar-refractivity contribution in [1.82, 2.24) is 0 Å². The van der Waals surface area contributed by atoms with Gasteiger partial charge in [-0.05, 0) is 18.9 Å². The van der Waals surface area contributed by atoms with Crippen LogP contribution in [0.25, 0.3) is 0 Å². The van der Waals surface area contributed by atoms with Crippen LogP contribution in [0, 0.1) is 6.92 Å². The zero-order valence-electron chi connectivity index (χ0n) is 9.30. The molecule has 0 aliphatic carbocycles. The summed E-state index contributed by atoms with van der Waals surface area (Å²) in [5, 5.41) is 0. The fourth-order valence-electron chi connectivity index (χ4n) is 1.34. The van der Waals surface area contributed by atoms with Crippen molar-refractivity contribution in [3.8, 4) is 0 Å². The molecule has 0 saturated heterocycles. The number of rotatable bonds is 8. The highest BCUT2D eigenvalue weighted by Crippen LogP contribution is 2.04. The topological polar surface area (TPSA) is 35.5 Å². The number of benzene rings is 1. The maximum atomic E-state index is 9.96. The number of hydrogen-bond donors (Lipinski definition) is 0. The minimum absolute atomic E-state index is 0.0813. The van der Waals surface area contributed by atoms with Crippen molar-refractivity contribution in [1.29, 1.82) is 0 Å². The van der Waals surface area contributed by atoms with E-state index in [1.54, 1.807) is 0 Å². The Bertz CT molecular complexity index is 284. The summed E-state index contributed by atoms with van der Waals surface area (Å²) in [5.41, 5.74) is 1.20. The molecule has 0 spiro atoms. The van der Waals surface area contributed by atoms with Crippen LogP contribution in [0.1, 0.15) is 5.56 Å². The Morgan fingerprint density at radius 1 is 1.25 bits per heavy atom. The van der Waals surface area contributed by atoms with Crippen LogP contribution in [0.15, 0.2) is 30.3 Å². The van der Waals surface area contributed by atoms with Gasteiger partial charge in [0.2, 0.25) is 0 Å². The van der Waals surface area contributed by atoms with Gasteiger partial charge in [0.25, 0.3) is 0 Å². The Kier molecular flexibility index (Phi) is 6.45. The van der Waals surface area contributed by atoms with Crippen LogP contribution in [0.5, 0.6) is 0 Å². The third kappa shape index (κ3) is 5.63. The fraction of sp³-hybridized carbons (Fsp3) is 0.385. The van der Waals surface area contributed by atoms with Gasteiger partial charge in [-0.25, -0.2) is 0 Å². The van der Waals surface area contributed by atoms with E-state index in [2.05, 4.69) is 6.92 Å². The standard InChI is InChI=1S/C13H17O3/c1-12(16-10-9-15-8-7-14)11-13-5-3-2-4-6-13/h2-7,12H,1,8-11H2. The molecule has 0 aliphatic rings. The Balaban J connectivity index is 2.11. The second kappa shape index (κ2) is 8.02. The third-order valence-electron chi connectivity index (χ3n) is 2.07. The summed E-state index contributed by atoms with van der Waals surface area (Å²) in [7, 11) is 0. The normalized spacial score (nSPS) is 12.3. The maximum absolute atomic E-state index is 9.96. The quantitative estimate of drug-likeness (QED) is 0.495. The van der Waals surface area contributed by atoms with Gasteiger partial charge >= 0.3 is 0 Å². The second-order valence-corrected chi connectivity index (χ2v) is 3.42. The van der Waals surface area contributed by atoms with E-state index >= 15 is 0 Å². The molecule has 0 saturated carbocycles. The van der Waals surface area contributed by atoms with Crippen molar-refractivity contribution in [3.05, 3.63) is 42.8 Å². The summed E-state index contributed by atoms with van der Waals surface area (Å²) < 4.78 is 10.4. The average Bonchev–Trinajstić information content (AvgIpc) is 2.30. The summed E-state index contributed by atoms with van der Waals surface area (Å²) in [6.07, 6.45) is 1.43. The molecular formula is C13H17O3. The predicted molar refractivity (Wildman–Crippen MR) is 62.1 cm³/mol. The molecule has 0 aliphatic heterocycles. The van der Waals surface area contributed by atoms with Crippen LogP contribution >= 0.6 is 0 Å². The van der Waals surface area contributed by atoms with Crippen molar-refractivity contribution in [2.24, 2.45) is 0 Å². The SMILES string of the molecule is [CH2]C(Cc1ccccc1)OCCOCC=O. The monoisotopic (exact) mass is 221 g/mol. The first-order valence-electron chi connectivity index (χ1n) is 5.33. The molecule has 1 aromatic rings. The summed E-state index contributed by atoms with van der Waals surface area (Å²) in [4.78, 5) is 9.96. The summed E-state index contributed by atoms with van der Waals surface area (Å²) in [6, 6.07) is 10.1. The smallest absolute Gasteiger partial charge is 0.145 e. The molecule has 1 atom stereocenters. The largest absolute Gasteiger partial charge is 0.375 e. The Morgan fingerprint density at radius 3 is 2.69 bits per heavy atom. The molecule has 0 bridgehead atoms. The Hall–Kier alpha value is -1.19. The average molecular weight is 221 g/mol. The molecule has 0 amide bonds. The van der Waals surface area contributed by atoms with E-state index in [1.165, 1.54) is 5.56 Å². The van der Waals surface area contributed by atoms with E-state index in [1.807, 2.05) is 30.3 Å². The van der Waals surface area contributed by atoms with E-state index < -0.39 is 0 Å². The summed E-state index contributed by atoms with van der Waals surface area (Å²) in [5.74, 6) is 0. The number of carbonyl (C=O) groups excluding carboxylic acids is 1. The molecule has 0 aromatic heterocycles. The predicted octanol–water partition coefficient (Wildman–Crippen LogP) is 1.66. The lowest BCUT2D eigenvalue weighted by atomic mass is 10.1. The van der Waals surface area contributed by atoms with Crippen LogP contribution in [0.4, 0.5) is 0 Å². The van der Waals surface area contributed by atoms with Gasteiger partial charge in [-0.15, -0.1) is 0 Å². The fourth-order valence-corrected chi connectivity index (χ4v) is 1.34. The number of carbonyl (C=O) groups is 1. The first kappa shape index (κ1) is 12.9. The molecule has 0 heterocycles. The Labute approximate surface area is 96.4 Å². The van der Waals surface area contributed by atoms with Gasteiger partial charge < -0.3 is 14.3 Å². The zero-order valence-corrected chi connectivity index (χ0v) is 9.30. The molecule has 1 unspecified atom stereocenters. The summed E-state index contributed by atoms with van der Waals surface area (Å²) in [6.45, 7) is 4.93.